The first-order valence-electron chi connectivity index (χ1n) is 10.5. The van der Waals surface area contributed by atoms with E-state index < -0.39 is 0 Å². The van der Waals surface area contributed by atoms with E-state index >= 15 is 0 Å². The van der Waals surface area contributed by atoms with Crippen molar-refractivity contribution in [3.8, 4) is 0 Å². The summed E-state index contributed by atoms with van der Waals surface area (Å²) in [5.41, 5.74) is 0. The number of nitrogens with one attached hydrogen (secondary N) is 2. The molecule has 0 bridgehead atoms. The molecule has 7 heteroatoms. The van der Waals surface area contributed by atoms with E-state index in [0.717, 1.165) is 45.0 Å². The van der Waals surface area contributed by atoms with Crippen molar-refractivity contribution >= 4 is 35.8 Å². The molecule has 2 N–H and O–H groups in total. The molecule has 2 fully saturated rings. The Kier molecular flexibility index (Phi) is 12.3. The van der Waals surface area contributed by atoms with E-state index in [4.69, 9.17) is 4.74 Å². The van der Waals surface area contributed by atoms with Crippen LogP contribution >= 0.6 is 24.0 Å². The fourth-order valence-electron chi connectivity index (χ4n) is 3.80. The summed E-state index contributed by atoms with van der Waals surface area (Å²) in [6.07, 6.45) is 10.1. The first-order valence-corrected chi connectivity index (χ1v) is 10.5. The number of likely N-dealkylation sites (tertiary alicyclic amines) is 1. The smallest absolute Gasteiger partial charge is 0.225 e. The minimum absolute atomic E-state index is 0. The molecule has 27 heavy (non-hydrogen) atoms. The lowest BCUT2D eigenvalue weighted by atomic mass is 10.0. The fourth-order valence-corrected chi connectivity index (χ4v) is 3.80. The van der Waals surface area contributed by atoms with Crippen LogP contribution in [0.15, 0.2) is 4.99 Å². The minimum Gasteiger partial charge on any atom is -0.376 e. The van der Waals surface area contributed by atoms with E-state index in [1.54, 1.807) is 7.05 Å². The molecule has 158 valence electrons. The van der Waals surface area contributed by atoms with Crippen LogP contribution in [0, 0.1) is 5.92 Å². The van der Waals surface area contributed by atoms with Crippen molar-refractivity contribution in [2.24, 2.45) is 10.9 Å². The summed E-state index contributed by atoms with van der Waals surface area (Å²) < 4.78 is 6.02. The predicted octanol–water partition coefficient (Wildman–Crippen LogP) is 3.16. The number of rotatable bonds is 6. The van der Waals surface area contributed by atoms with Crippen LogP contribution in [0.3, 0.4) is 0 Å². The molecular formula is C20H39IN4O2. The lowest BCUT2D eigenvalue weighted by Gasteiger charge is -2.34. The standard InChI is InChI=1S/C20H38N4O2.HI/c1-16(2)19(25)24-13-10-17(11-14-24)23-20(21-3)22-12-15-26-18-8-6-4-5-7-9-18;/h16-18H,4-15H2,1-3H3,(H2,21,22,23);1H. The van der Waals surface area contributed by atoms with Gasteiger partial charge in [0.05, 0.1) is 12.7 Å². The lowest BCUT2D eigenvalue weighted by molar-refractivity contribution is -0.135. The maximum Gasteiger partial charge on any atom is 0.225 e. The zero-order chi connectivity index (χ0) is 18.8. The van der Waals surface area contributed by atoms with Crippen LogP contribution in [0.5, 0.6) is 0 Å². The molecule has 1 aliphatic carbocycles. The molecule has 0 aromatic carbocycles. The van der Waals surface area contributed by atoms with Gasteiger partial charge in [-0.3, -0.25) is 9.79 Å². The molecule has 0 unspecified atom stereocenters. The molecule has 0 atom stereocenters. The summed E-state index contributed by atoms with van der Waals surface area (Å²) in [5, 5.41) is 6.85. The van der Waals surface area contributed by atoms with Gasteiger partial charge < -0.3 is 20.3 Å². The molecule has 6 nitrogen and oxygen atoms in total. The highest BCUT2D eigenvalue weighted by atomic mass is 127. The summed E-state index contributed by atoms with van der Waals surface area (Å²) in [6, 6.07) is 0.375. The van der Waals surface area contributed by atoms with Crippen molar-refractivity contribution in [3.05, 3.63) is 0 Å². The minimum atomic E-state index is 0. The average molecular weight is 494 g/mol. The zero-order valence-corrected chi connectivity index (χ0v) is 19.7. The first kappa shape index (κ1) is 24.5. The van der Waals surface area contributed by atoms with Gasteiger partial charge in [-0.05, 0) is 25.7 Å². The Morgan fingerprint density at radius 3 is 2.30 bits per heavy atom. The Morgan fingerprint density at radius 2 is 1.74 bits per heavy atom. The molecule has 1 amide bonds. The van der Waals surface area contributed by atoms with E-state index in [-0.39, 0.29) is 35.8 Å². The Bertz CT molecular complexity index is 443. The normalized spacial score (nSPS) is 20.1. The third kappa shape index (κ3) is 8.98. The number of guanidine groups is 1. The van der Waals surface area contributed by atoms with Crippen molar-refractivity contribution in [2.75, 3.05) is 33.3 Å². The largest absolute Gasteiger partial charge is 0.376 e. The molecule has 0 radical (unpaired) electrons. The number of hydrogen-bond donors (Lipinski definition) is 2. The van der Waals surface area contributed by atoms with Crippen LogP contribution in [0.4, 0.5) is 0 Å². The van der Waals surface area contributed by atoms with Crippen LogP contribution in [0.1, 0.15) is 65.2 Å². The van der Waals surface area contributed by atoms with Gasteiger partial charge in [0.15, 0.2) is 5.96 Å². The van der Waals surface area contributed by atoms with Crippen LogP contribution in [0.25, 0.3) is 0 Å². The van der Waals surface area contributed by atoms with Gasteiger partial charge in [-0.1, -0.05) is 39.5 Å². The molecule has 1 saturated heterocycles. The Balaban J connectivity index is 0.00000364. The zero-order valence-electron chi connectivity index (χ0n) is 17.3. The number of aliphatic imine (C=N–C) groups is 1. The van der Waals surface area contributed by atoms with Gasteiger partial charge in [-0.25, -0.2) is 0 Å². The van der Waals surface area contributed by atoms with Crippen LogP contribution in [-0.2, 0) is 9.53 Å². The second-order valence-electron chi connectivity index (χ2n) is 7.88. The SMILES string of the molecule is CN=C(NCCOC1CCCCCC1)NC1CCN(C(=O)C(C)C)CC1.I. The molecule has 2 aliphatic rings. The number of piperidine rings is 1. The van der Waals surface area contributed by atoms with E-state index in [9.17, 15) is 4.79 Å². The Labute approximate surface area is 182 Å². The number of carbonyl (C=O) groups excluding carboxylic acids is 1. The number of nitrogens with zero attached hydrogens (tertiary/aromatic N) is 2. The summed E-state index contributed by atoms with van der Waals surface area (Å²) in [4.78, 5) is 18.4. The lowest BCUT2D eigenvalue weighted by Crippen LogP contribution is -2.50. The van der Waals surface area contributed by atoms with Gasteiger partial charge in [-0.15, -0.1) is 24.0 Å². The van der Waals surface area contributed by atoms with Gasteiger partial charge in [-0.2, -0.15) is 0 Å². The fraction of sp³-hybridized carbons (Fsp3) is 0.900. The molecule has 2 rings (SSSR count). The molecular weight excluding hydrogens is 455 g/mol. The van der Waals surface area contributed by atoms with Gasteiger partial charge >= 0.3 is 0 Å². The van der Waals surface area contributed by atoms with Gasteiger partial charge in [0.25, 0.3) is 0 Å². The van der Waals surface area contributed by atoms with Crippen molar-refractivity contribution in [1.29, 1.82) is 0 Å². The second-order valence-corrected chi connectivity index (χ2v) is 7.88. The van der Waals surface area contributed by atoms with Crippen LogP contribution < -0.4 is 10.6 Å². The maximum absolute atomic E-state index is 12.1. The number of amides is 1. The van der Waals surface area contributed by atoms with E-state index in [1.165, 1.54) is 38.5 Å². The van der Waals surface area contributed by atoms with Crippen LogP contribution in [-0.4, -0.2) is 62.2 Å². The Morgan fingerprint density at radius 1 is 1.11 bits per heavy atom. The number of hydrogen-bond acceptors (Lipinski definition) is 3. The average Bonchev–Trinajstić information content (AvgIpc) is 2.93. The van der Waals surface area contributed by atoms with Gasteiger partial charge in [0, 0.05) is 38.6 Å². The summed E-state index contributed by atoms with van der Waals surface area (Å²) in [5.74, 6) is 1.19. The highest BCUT2D eigenvalue weighted by molar-refractivity contribution is 14.0. The molecule has 1 heterocycles. The van der Waals surface area contributed by atoms with E-state index in [1.807, 2.05) is 18.7 Å². The predicted molar refractivity (Wildman–Crippen MR) is 122 cm³/mol. The van der Waals surface area contributed by atoms with Gasteiger partial charge in [0.2, 0.25) is 5.91 Å². The summed E-state index contributed by atoms with van der Waals surface area (Å²) in [6.45, 7) is 7.10. The molecule has 1 aliphatic heterocycles. The summed E-state index contributed by atoms with van der Waals surface area (Å²) in [7, 11) is 1.80. The highest BCUT2D eigenvalue weighted by Gasteiger charge is 2.24. The molecule has 1 saturated carbocycles. The van der Waals surface area contributed by atoms with Gasteiger partial charge in [0.1, 0.15) is 0 Å². The van der Waals surface area contributed by atoms with Crippen molar-refractivity contribution < 1.29 is 9.53 Å². The third-order valence-corrected chi connectivity index (χ3v) is 5.42. The molecule has 0 aromatic heterocycles. The topological polar surface area (TPSA) is 66.0 Å². The number of ether oxygens (including phenoxy) is 1. The number of halogens is 1. The number of carbonyl (C=O) groups is 1. The molecule has 0 aromatic rings. The monoisotopic (exact) mass is 494 g/mol. The summed E-state index contributed by atoms with van der Waals surface area (Å²) >= 11 is 0. The van der Waals surface area contributed by atoms with Crippen LogP contribution in [0.2, 0.25) is 0 Å². The Hall–Kier alpha value is -0.570. The van der Waals surface area contributed by atoms with Crippen molar-refractivity contribution in [1.82, 2.24) is 15.5 Å². The maximum atomic E-state index is 12.1. The highest BCUT2D eigenvalue weighted by Crippen LogP contribution is 2.19. The third-order valence-electron chi connectivity index (χ3n) is 5.42. The molecule has 0 spiro atoms. The van der Waals surface area contributed by atoms with E-state index in [2.05, 4.69) is 15.6 Å². The van der Waals surface area contributed by atoms with Crippen molar-refractivity contribution in [2.45, 2.75) is 77.4 Å². The quantitative estimate of drug-likeness (QED) is 0.196. The van der Waals surface area contributed by atoms with Crippen molar-refractivity contribution in [3.63, 3.8) is 0 Å². The first-order chi connectivity index (χ1) is 12.6. The van der Waals surface area contributed by atoms with E-state index in [0.29, 0.717) is 12.1 Å². The second kappa shape index (κ2) is 13.6.